The zero-order valence-corrected chi connectivity index (χ0v) is 20.4. The molecule has 0 amide bonds. The van der Waals surface area contributed by atoms with Crippen LogP contribution in [0.4, 0.5) is 0 Å². The first kappa shape index (κ1) is 24.4. The zero-order valence-electron chi connectivity index (χ0n) is 19.6. The SMILES string of the molecule is COC(=O)C(C(=O)C1(SCc2ccc(OC)cc2)CCCCCC1)c1ccc(C)cc1C. The molecule has 5 heteroatoms. The van der Waals surface area contributed by atoms with E-state index in [0.717, 1.165) is 72.3 Å². The minimum Gasteiger partial charge on any atom is -0.497 e. The summed E-state index contributed by atoms with van der Waals surface area (Å²) in [6, 6.07) is 13.9. The van der Waals surface area contributed by atoms with Gasteiger partial charge in [-0.25, -0.2) is 0 Å². The Morgan fingerprint density at radius 2 is 1.62 bits per heavy atom. The number of ketones is 1. The molecule has 0 aromatic heterocycles. The van der Waals surface area contributed by atoms with Gasteiger partial charge in [0.15, 0.2) is 5.78 Å². The molecule has 3 rings (SSSR count). The first-order chi connectivity index (χ1) is 15.4. The summed E-state index contributed by atoms with van der Waals surface area (Å²) in [5, 5.41) is 0. The Balaban J connectivity index is 1.95. The third-order valence-corrected chi connectivity index (χ3v) is 8.11. The number of aryl methyl sites for hydroxylation is 2. The highest BCUT2D eigenvalue weighted by Gasteiger charge is 2.46. The lowest BCUT2D eigenvalue weighted by atomic mass is 9.81. The number of Topliss-reactive ketones (excluding diaryl/α,β-unsaturated/α-hetero) is 1. The monoisotopic (exact) mass is 454 g/mol. The second-order valence-corrected chi connectivity index (χ2v) is 10.1. The first-order valence-electron chi connectivity index (χ1n) is 11.4. The topological polar surface area (TPSA) is 52.6 Å². The van der Waals surface area contributed by atoms with Gasteiger partial charge < -0.3 is 9.47 Å². The summed E-state index contributed by atoms with van der Waals surface area (Å²) in [7, 11) is 3.03. The number of ether oxygens (including phenoxy) is 2. The van der Waals surface area contributed by atoms with Crippen LogP contribution in [0.15, 0.2) is 42.5 Å². The summed E-state index contributed by atoms with van der Waals surface area (Å²) in [6.45, 7) is 3.99. The normalized spacial score (nSPS) is 16.6. The van der Waals surface area contributed by atoms with Crippen LogP contribution >= 0.6 is 11.8 Å². The number of esters is 1. The van der Waals surface area contributed by atoms with Crippen molar-refractivity contribution in [1.82, 2.24) is 0 Å². The number of rotatable bonds is 8. The number of carbonyl (C=O) groups is 2. The van der Waals surface area contributed by atoms with Crippen LogP contribution in [0.1, 0.15) is 66.7 Å². The second-order valence-electron chi connectivity index (χ2n) is 8.73. The van der Waals surface area contributed by atoms with Gasteiger partial charge in [0.05, 0.1) is 19.0 Å². The molecular weight excluding hydrogens is 420 g/mol. The molecule has 2 aromatic carbocycles. The van der Waals surface area contributed by atoms with Crippen LogP contribution in [-0.2, 0) is 20.1 Å². The van der Waals surface area contributed by atoms with Crippen LogP contribution in [-0.4, -0.2) is 30.7 Å². The molecule has 1 atom stereocenters. The molecule has 0 saturated heterocycles. The summed E-state index contributed by atoms with van der Waals surface area (Å²) >= 11 is 1.69. The van der Waals surface area contributed by atoms with E-state index in [-0.39, 0.29) is 5.78 Å². The molecule has 2 aromatic rings. The van der Waals surface area contributed by atoms with Gasteiger partial charge in [0.2, 0.25) is 0 Å². The summed E-state index contributed by atoms with van der Waals surface area (Å²) in [4.78, 5) is 27.1. The van der Waals surface area contributed by atoms with Crippen molar-refractivity contribution in [2.75, 3.05) is 14.2 Å². The van der Waals surface area contributed by atoms with Gasteiger partial charge in [-0.05, 0) is 55.5 Å². The molecule has 1 fully saturated rings. The van der Waals surface area contributed by atoms with Gasteiger partial charge >= 0.3 is 5.97 Å². The van der Waals surface area contributed by atoms with Gasteiger partial charge in [0.1, 0.15) is 11.7 Å². The molecular formula is C27H34O4S. The molecule has 0 spiro atoms. The highest BCUT2D eigenvalue weighted by atomic mass is 32.2. The van der Waals surface area contributed by atoms with Crippen LogP contribution in [0.2, 0.25) is 0 Å². The summed E-state index contributed by atoms with van der Waals surface area (Å²) in [6.07, 6.45) is 5.86. The van der Waals surface area contributed by atoms with E-state index < -0.39 is 16.6 Å². The van der Waals surface area contributed by atoms with E-state index in [4.69, 9.17) is 9.47 Å². The molecule has 1 aliphatic rings. The molecule has 1 aliphatic carbocycles. The van der Waals surface area contributed by atoms with Gasteiger partial charge in [-0.2, -0.15) is 0 Å². The van der Waals surface area contributed by atoms with Crippen LogP contribution < -0.4 is 4.74 Å². The van der Waals surface area contributed by atoms with Gasteiger partial charge in [-0.1, -0.05) is 61.6 Å². The maximum Gasteiger partial charge on any atom is 0.320 e. The van der Waals surface area contributed by atoms with Gasteiger partial charge in [-0.15, -0.1) is 11.8 Å². The van der Waals surface area contributed by atoms with E-state index in [9.17, 15) is 9.59 Å². The molecule has 32 heavy (non-hydrogen) atoms. The Kier molecular flexibility index (Phi) is 8.41. The van der Waals surface area contributed by atoms with Gasteiger partial charge in [0.25, 0.3) is 0 Å². The van der Waals surface area contributed by atoms with Crippen molar-refractivity contribution in [3.63, 3.8) is 0 Å². The van der Waals surface area contributed by atoms with Crippen LogP contribution in [0, 0.1) is 13.8 Å². The Morgan fingerprint density at radius 3 is 2.19 bits per heavy atom. The minimum atomic E-state index is -0.887. The van der Waals surface area contributed by atoms with E-state index in [1.807, 2.05) is 56.3 Å². The van der Waals surface area contributed by atoms with E-state index in [0.29, 0.717) is 0 Å². The Hall–Kier alpha value is -2.27. The highest BCUT2D eigenvalue weighted by molar-refractivity contribution is 8.00. The predicted molar refractivity (Wildman–Crippen MR) is 130 cm³/mol. The van der Waals surface area contributed by atoms with Gasteiger partial charge in [0, 0.05) is 5.75 Å². The number of thioether (sulfide) groups is 1. The largest absolute Gasteiger partial charge is 0.497 e. The highest BCUT2D eigenvalue weighted by Crippen LogP contribution is 2.45. The smallest absolute Gasteiger partial charge is 0.320 e. The number of hydrogen-bond donors (Lipinski definition) is 0. The number of hydrogen-bond acceptors (Lipinski definition) is 5. The third-order valence-electron chi connectivity index (χ3n) is 6.47. The van der Waals surface area contributed by atoms with E-state index >= 15 is 0 Å². The average Bonchev–Trinajstić information content (AvgIpc) is 3.06. The number of benzene rings is 2. The molecule has 0 heterocycles. The molecule has 1 saturated carbocycles. The molecule has 1 unspecified atom stereocenters. The minimum absolute atomic E-state index is 0.00304. The van der Waals surface area contributed by atoms with Crippen LogP contribution in [0.5, 0.6) is 5.75 Å². The third kappa shape index (κ3) is 5.55. The van der Waals surface area contributed by atoms with E-state index in [1.54, 1.807) is 18.9 Å². The molecule has 0 N–H and O–H groups in total. The predicted octanol–water partition coefficient (Wildman–Crippen LogP) is 6.16. The van der Waals surface area contributed by atoms with Crippen LogP contribution in [0.3, 0.4) is 0 Å². The summed E-state index contributed by atoms with van der Waals surface area (Å²) in [5.41, 5.74) is 3.98. The molecule has 0 aliphatic heterocycles. The fraction of sp³-hybridized carbons (Fsp3) is 0.481. The Bertz CT molecular complexity index is 927. The maximum absolute atomic E-state index is 14.2. The lowest BCUT2D eigenvalue weighted by molar-refractivity contribution is -0.146. The van der Waals surface area contributed by atoms with Gasteiger partial charge in [-0.3, -0.25) is 9.59 Å². The van der Waals surface area contributed by atoms with Crippen LogP contribution in [0.25, 0.3) is 0 Å². The quantitative estimate of drug-likeness (QED) is 0.271. The lowest BCUT2D eigenvalue weighted by Gasteiger charge is -2.34. The first-order valence-corrected chi connectivity index (χ1v) is 12.3. The second kappa shape index (κ2) is 11.0. The van der Waals surface area contributed by atoms with E-state index in [2.05, 4.69) is 0 Å². The average molecular weight is 455 g/mol. The lowest BCUT2D eigenvalue weighted by Crippen LogP contribution is -2.42. The fourth-order valence-corrected chi connectivity index (χ4v) is 6.08. The van der Waals surface area contributed by atoms with Crippen molar-refractivity contribution in [1.29, 1.82) is 0 Å². The molecule has 172 valence electrons. The maximum atomic E-state index is 14.2. The summed E-state index contributed by atoms with van der Waals surface area (Å²) in [5.74, 6) is 0.185. The fourth-order valence-electron chi connectivity index (χ4n) is 4.61. The Labute approximate surface area is 196 Å². The van der Waals surface area contributed by atoms with Crippen molar-refractivity contribution >= 4 is 23.5 Å². The van der Waals surface area contributed by atoms with Crippen molar-refractivity contribution in [2.45, 2.75) is 68.8 Å². The van der Waals surface area contributed by atoms with E-state index in [1.165, 1.54) is 7.11 Å². The number of carbonyl (C=O) groups excluding carboxylic acids is 2. The van der Waals surface area contributed by atoms with Crippen molar-refractivity contribution in [3.05, 3.63) is 64.7 Å². The van der Waals surface area contributed by atoms with Crippen molar-refractivity contribution in [2.24, 2.45) is 0 Å². The summed E-state index contributed by atoms with van der Waals surface area (Å²) < 4.78 is 9.82. The zero-order chi connectivity index (χ0) is 23.1. The molecule has 0 bridgehead atoms. The standard InChI is InChI=1S/C27H34O4S/c1-19-9-14-23(20(2)17-19)24(26(29)31-4)25(28)27(15-7-5-6-8-16-27)32-18-21-10-12-22(30-3)13-11-21/h9-14,17,24H,5-8,15-16,18H2,1-4H3. The number of methoxy groups -OCH3 is 2. The van der Waals surface area contributed by atoms with Crippen molar-refractivity contribution < 1.29 is 19.1 Å². The Morgan fingerprint density at radius 1 is 0.969 bits per heavy atom. The molecule has 0 radical (unpaired) electrons. The van der Waals surface area contributed by atoms with Crippen molar-refractivity contribution in [3.8, 4) is 5.75 Å². The molecule has 4 nitrogen and oxygen atoms in total.